The zero-order valence-electron chi connectivity index (χ0n) is 18.3. The number of amides is 1. The van der Waals surface area contributed by atoms with Crippen molar-refractivity contribution in [3.8, 4) is 0 Å². The van der Waals surface area contributed by atoms with Crippen molar-refractivity contribution in [2.75, 3.05) is 32.8 Å². The molecule has 0 saturated carbocycles. The second-order valence-corrected chi connectivity index (χ2v) is 9.25. The van der Waals surface area contributed by atoms with Gasteiger partial charge in [-0.1, -0.05) is 53.6 Å². The van der Waals surface area contributed by atoms with Gasteiger partial charge in [0.2, 0.25) is 0 Å². The Labute approximate surface area is 193 Å². The Hall–Kier alpha value is -2.25. The van der Waals surface area contributed by atoms with E-state index in [0.717, 1.165) is 42.8 Å². The lowest BCUT2D eigenvalue weighted by atomic mass is 9.97. The van der Waals surface area contributed by atoms with Gasteiger partial charge in [0.25, 0.3) is 5.91 Å². The average molecular weight is 454 g/mol. The normalized spacial score (nSPS) is 23.0. The van der Waals surface area contributed by atoms with E-state index in [0.29, 0.717) is 31.2 Å². The molecule has 6 nitrogen and oxygen atoms in total. The predicted octanol–water partition coefficient (Wildman–Crippen LogP) is 4.17. The zero-order valence-corrected chi connectivity index (χ0v) is 19.1. The molecule has 2 fully saturated rings. The Morgan fingerprint density at radius 2 is 1.84 bits per heavy atom. The highest BCUT2D eigenvalue weighted by molar-refractivity contribution is 6.30. The third-order valence-electron chi connectivity index (χ3n) is 6.56. The lowest BCUT2D eigenvalue weighted by molar-refractivity contribution is -0.186. The molecule has 2 saturated heterocycles. The van der Waals surface area contributed by atoms with Gasteiger partial charge < -0.3 is 9.47 Å². The van der Waals surface area contributed by atoms with Crippen molar-refractivity contribution in [2.24, 2.45) is 5.10 Å². The number of ether oxygens (including phenoxy) is 2. The molecule has 32 heavy (non-hydrogen) atoms. The summed E-state index contributed by atoms with van der Waals surface area (Å²) in [7, 11) is 0. The van der Waals surface area contributed by atoms with Gasteiger partial charge in [-0.05, 0) is 30.2 Å². The van der Waals surface area contributed by atoms with E-state index >= 15 is 0 Å². The van der Waals surface area contributed by atoms with Crippen molar-refractivity contribution in [1.29, 1.82) is 0 Å². The van der Waals surface area contributed by atoms with E-state index < -0.39 is 5.79 Å². The van der Waals surface area contributed by atoms with E-state index in [1.165, 1.54) is 5.56 Å². The molecule has 0 radical (unpaired) electrons. The fourth-order valence-electron chi connectivity index (χ4n) is 4.79. The summed E-state index contributed by atoms with van der Waals surface area (Å²) in [6, 6.07) is 15.9. The van der Waals surface area contributed by atoms with E-state index in [9.17, 15) is 4.79 Å². The Morgan fingerprint density at radius 1 is 1.12 bits per heavy atom. The molecule has 5 rings (SSSR count). The number of rotatable bonds is 4. The molecule has 2 aromatic carbocycles. The molecule has 1 atom stereocenters. The maximum Gasteiger partial charge on any atom is 0.257 e. The van der Waals surface area contributed by atoms with Crippen LogP contribution in [-0.4, -0.2) is 60.2 Å². The summed E-state index contributed by atoms with van der Waals surface area (Å²) in [5, 5.41) is 7.17. The Balaban J connectivity index is 1.34. The minimum atomic E-state index is -0.435. The van der Waals surface area contributed by atoms with Crippen molar-refractivity contribution in [1.82, 2.24) is 9.91 Å². The van der Waals surface area contributed by atoms with Gasteiger partial charge in [-0.3, -0.25) is 9.69 Å². The third-order valence-corrected chi connectivity index (χ3v) is 6.81. The number of hydrogen-bond acceptors (Lipinski definition) is 5. The van der Waals surface area contributed by atoms with Crippen LogP contribution in [0.5, 0.6) is 0 Å². The van der Waals surface area contributed by atoms with E-state index in [4.69, 9.17) is 26.2 Å². The minimum Gasteiger partial charge on any atom is -0.347 e. The first-order valence-electron chi connectivity index (χ1n) is 11.2. The minimum absolute atomic E-state index is 0.0109. The Kier molecular flexibility index (Phi) is 6.03. The molecule has 1 amide bonds. The first-order chi connectivity index (χ1) is 15.5. The van der Waals surface area contributed by atoms with Crippen LogP contribution in [0, 0.1) is 6.92 Å². The van der Waals surface area contributed by atoms with Crippen LogP contribution < -0.4 is 0 Å². The smallest absolute Gasteiger partial charge is 0.257 e. The predicted molar refractivity (Wildman–Crippen MR) is 124 cm³/mol. The molecule has 0 aromatic heterocycles. The van der Waals surface area contributed by atoms with Gasteiger partial charge in [0.05, 0.1) is 31.5 Å². The van der Waals surface area contributed by atoms with Gasteiger partial charge in [-0.25, -0.2) is 5.01 Å². The second kappa shape index (κ2) is 8.94. The molecule has 7 heteroatoms. The van der Waals surface area contributed by atoms with Crippen molar-refractivity contribution < 1.29 is 14.3 Å². The highest BCUT2D eigenvalue weighted by Gasteiger charge is 2.41. The largest absolute Gasteiger partial charge is 0.347 e. The van der Waals surface area contributed by atoms with Crippen LogP contribution in [0.3, 0.4) is 0 Å². The molecular formula is C25H28ClN3O3. The van der Waals surface area contributed by atoms with Gasteiger partial charge in [0.15, 0.2) is 5.79 Å². The lowest BCUT2D eigenvalue weighted by Crippen LogP contribution is -2.48. The number of benzene rings is 2. The number of aryl methyl sites for hydroxylation is 1. The van der Waals surface area contributed by atoms with Crippen molar-refractivity contribution >= 4 is 23.2 Å². The molecule has 0 bridgehead atoms. The summed E-state index contributed by atoms with van der Waals surface area (Å²) in [5.74, 6) is -0.424. The number of hydrogen-bond donors (Lipinski definition) is 0. The van der Waals surface area contributed by atoms with Crippen molar-refractivity contribution in [3.63, 3.8) is 0 Å². The van der Waals surface area contributed by atoms with Gasteiger partial charge >= 0.3 is 0 Å². The number of hydrazone groups is 1. The molecule has 3 aliphatic heterocycles. The molecular weight excluding hydrogens is 426 g/mol. The standard InChI is InChI=1S/C25H28ClN3O3/c1-18-3-2-4-20(15-18)22-16-23(19-5-7-21(26)8-6-19)29(27-22)24(30)17-28-11-9-25(10-12-28)31-13-14-32-25/h2-8,15,23H,9-14,16-17H2,1H3/t23-/m0/s1. The Morgan fingerprint density at radius 3 is 2.53 bits per heavy atom. The van der Waals surface area contributed by atoms with Crippen LogP contribution in [0.1, 0.15) is 42.0 Å². The summed E-state index contributed by atoms with van der Waals surface area (Å²) >= 11 is 6.10. The molecule has 168 valence electrons. The average Bonchev–Trinajstić information content (AvgIpc) is 3.44. The summed E-state index contributed by atoms with van der Waals surface area (Å²) < 4.78 is 11.6. The highest BCUT2D eigenvalue weighted by Crippen LogP contribution is 2.35. The van der Waals surface area contributed by atoms with Crippen LogP contribution >= 0.6 is 11.6 Å². The third kappa shape index (κ3) is 4.46. The van der Waals surface area contributed by atoms with Gasteiger partial charge in [-0.15, -0.1) is 0 Å². The molecule has 0 N–H and O–H groups in total. The highest BCUT2D eigenvalue weighted by atomic mass is 35.5. The fourth-order valence-corrected chi connectivity index (χ4v) is 4.91. The van der Waals surface area contributed by atoms with Crippen LogP contribution in [0.4, 0.5) is 0 Å². The van der Waals surface area contributed by atoms with Gasteiger partial charge in [0, 0.05) is 37.4 Å². The lowest BCUT2D eigenvalue weighted by Gasteiger charge is -2.37. The molecule has 3 heterocycles. The van der Waals surface area contributed by atoms with Crippen LogP contribution in [0.2, 0.25) is 5.02 Å². The monoisotopic (exact) mass is 453 g/mol. The number of carbonyl (C=O) groups excluding carboxylic acids is 1. The first kappa shape index (κ1) is 21.6. The Bertz CT molecular complexity index is 1010. The summed E-state index contributed by atoms with van der Waals surface area (Å²) in [6.45, 7) is 5.28. The van der Waals surface area contributed by atoms with E-state index in [2.05, 4.69) is 30.0 Å². The van der Waals surface area contributed by atoms with Crippen molar-refractivity contribution in [3.05, 3.63) is 70.2 Å². The van der Waals surface area contributed by atoms with E-state index in [1.54, 1.807) is 5.01 Å². The maximum absolute atomic E-state index is 13.4. The maximum atomic E-state index is 13.4. The summed E-state index contributed by atoms with van der Waals surface area (Å²) in [4.78, 5) is 15.6. The van der Waals surface area contributed by atoms with Crippen LogP contribution in [0.15, 0.2) is 53.6 Å². The summed E-state index contributed by atoms with van der Waals surface area (Å²) in [5.41, 5.74) is 4.22. The number of halogens is 1. The molecule has 1 spiro atoms. The number of carbonyl (C=O) groups is 1. The second-order valence-electron chi connectivity index (χ2n) is 8.81. The quantitative estimate of drug-likeness (QED) is 0.697. The molecule has 0 aliphatic carbocycles. The van der Waals surface area contributed by atoms with Crippen LogP contribution in [0.25, 0.3) is 0 Å². The van der Waals surface area contributed by atoms with Crippen molar-refractivity contribution in [2.45, 2.75) is 38.0 Å². The summed E-state index contributed by atoms with van der Waals surface area (Å²) in [6.07, 6.45) is 2.26. The zero-order chi connectivity index (χ0) is 22.1. The first-order valence-corrected chi connectivity index (χ1v) is 11.6. The molecule has 2 aromatic rings. The molecule has 3 aliphatic rings. The van der Waals surface area contributed by atoms with Gasteiger partial charge in [0.1, 0.15) is 0 Å². The van der Waals surface area contributed by atoms with E-state index in [-0.39, 0.29) is 11.9 Å². The molecule has 0 unspecified atom stereocenters. The fraction of sp³-hybridized carbons (Fsp3) is 0.440. The van der Waals surface area contributed by atoms with E-state index in [1.807, 2.05) is 30.3 Å². The van der Waals surface area contributed by atoms with Crippen LogP contribution in [-0.2, 0) is 14.3 Å². The SMILES string of the molecule is Cc1cccc(C2=NN(C(=O)CN3CCC4(CC3)OCCO4)[C@H](c3ccc(Cl)cc3)C2)c1. The topological polar surface area (TPSA) is 54.4 Å². The van der Waals surface area contributed by atoms with Gasteiger partial charge in [-0.2, -0.15) is 5.10 Å². The number of piperidine rings is 1. The number of nitrogens with zero attached hydrogens (tertiary/aromatic N) is 3. The number of likely N-dealkylation sites (tertiary alicyclic amines) is 1.